The fourth-order valence-electron chi connectivity index (χ4n) is 0.946. The lowest BCUT2D eigenvalue weighted by molar-refractivity contribution is 0.599. The number of pyridine rings is 1. The van der Waals surface area contributed by atoms with E-state index in [9.17, 15) is 0 Å². The van der Waals surface area contributed by atoms with Crippen LogP contribution in [-0.4, -0.2) is 9.97 Å². The van der Waals surface area contributed by atoms with E-state index in [0.717, 1.165) is 5.56 Å². The number of aryl methyl sites for hydroxylation is 1. The van der Waals surface area contributed by atoms with Crippen molar-refractivity contribution in [1.29, 1.82) is 0 Å². The van der Waals surface area contributed by atoms with Crippen LogP contribution in [-0.2, 0) is 0 Å². The van der Waals surface area contributed by atoms with Gasteiger partial charge >= 0.3 is 0 Å². The predicted octanol–water partition coefficient (Wildman–Crippen LogP) is 2.18. The highest BCUT2D eigenvalue weighted by Crippen LogP contribution is 2.21. The second kappa shape index (κ2) is 2.20. The van der Waals surface area contributed by atoms with Crippen LogP contribution in [0.1, 0.15) is 5.56 Å². The average molecular weight is 169 g/mol. The van der Waals surface area contributed by atoms with Gasteiger partial charge in [-0.1, -0.05) is 11.6 Å². The monoisotopic (exact) mass is 168 g/mol. The zero-order chi connectivity index (χ0) is 7.84. The molecule has 0 fully saturated rings. The molecule has 4 heteroatoms. The summed E-state index contributed by atoms with van der Waals surface area (Å²) in [7, 11) is 0. The number of rotatable bonds is 0. The van der Waals surface area contributed by atoms with Crippen molar-refractivity contribution in [2.45, 2.75) is 6.92 Å². The van der Waals surface area contributed by atoms with E-state index in [0.29, 0.717) is 16.3 Å². The molecule has 2 aromatic rings. The zero-order valence-electron chi connectivity index (χ0n) is 5.84. The second-order valence-corrected chi connectivity index (χ2v) is 2.62. The van der Waals surface area contributed by atoms with E-state index < -0.39 is 0 Å². The topological polar surface area (TPSA) is 38.9 Å². The largest absolute Gasteiger partial charge is 0.443 e. The number of halogens is 1. The van der Waals surface area contributed by atoms with Gasteiger partial charge in [0.1, 0.15) is 5.52 Å². The van der Waals surface area contributed by atoms with E-state index in [-0.39, 0.29) is 0 Å². The molecule has 0 unspecified atom stereocenters. The third kappa shape index (κ3) is 0.886. The zero-order valence-corrected chi connectivity index (χ0v) is 6.59. The molecule has 0 spiro atoms. The molecule has 0 atom stereocenters. The van der Waals surface area contributed by atoms with Crippen molar-refractivity contribution in [2.75, 3.05) is 0 Å². The molecule has 0 saturated carbocycles. The Morgan fingerprint density at radius 3 is 3.00 bits per heavy atom. The van der Waals surface area contributed by atoms with E-state index in [1.165, 1.54) is 6.39 Å². The van der Waals surface area contributed by atoms with Gasteiger partial charge in [0.2, 0.25) is 0 Å². The molecule has 0 saturated heterocycles. The van der Waals surface area contributed by atoms with Crippen molar-refractivity contribution in [3.63, 3.8) is 0 Å². The highest BCUT2D eigenvalue weighted by molar-refractivity contribution is 6.33. The van der Waals surface area contributed by atoms with Crippen LogP contribution in [0.25, 0.3) is 11.1 Å². The van der Waals surface area contributed by atoms with Crippen LogP contribution in [0.2, 0.25) is 5.15 Å². The number of oxazole rings is 1. The molecule has 0 bridgehead atoms. The fraction of sp³-hybridized carbons (Fsp3) is 0.143. The van der Waals surface area contributed by atoms with Gasteiger partial charge in [-0.3, -0.25) is 0 Å². The van der Waals surface area contributed by atoms with E-state index in [1.54, 1.807) is 6.20 Å². The van der Waals surface area contributed by atoms with Gasteiger partial charge in [0.15, 0.2) is 17.1 Å². The van der Waals surface area contributed by atoms with E-state index >= 15 is 0 Å². The first-order valence-electron chi connectivity index (χ1n) is 3.13. The SMILES string of the molecule is Cc1cnc(Cl)c2ncoc12. The Balaban J connectivity index is 2.96. The molecule has 2 rings (SSSR count). The summed E-state index contributed by atoms with van der Waals surface area (Å²) >= 11 is 5.74. The summed E-state index contributed by atoms with van der Waals surface area (Å²) in [5.74, 6) is 0. The highest BCUT2D eigenvalue weighted by Gasteiger charge is 2.06. The highest BCUT2D eigenvalue weighted by atomic mass is 35.5. The van der Waals surface area contributed by atoms with Gasteiger partial charge in [0.25, 0.3) is 0 Å². The molecule has 0 aliphatic carbocycles. The van der Waals surface area contributed by atoms with Crippen LogP contribution in [0.4, 0.5) is 0 Å². The summed E-state index contributed by atoms with van der Waals surface area (Å²) in [6, 6.07) is 0. The quantitative estimate of drug-likeness (QED) is 0.566. The molecule has 11 heavy (non-hydrogen) atoms. The van der Waals surface area contributed by atoms with Crippen molar-refractivity contribution >= 4 is 22.7 Å². The molecule has 2 aromatic heterocycles. The summed E-state index contributed by atoms with van der Waals surface area (Å²) in [5, 5.41) is 0.388. The maximum Gasteiger partial charge on any atom is 0.182 e. The number of aromatic nitrogens is 2. The Morgan fingerprint density at radius 1 is 1.45 bits per heavy atom. The lowest BCUT2D eigenvalue weighted by Crippen LogP contribution is -1.80. The summed E-state index contributed by atoms with van der Waals surface area (Å²) in [4.78, 5) is 7.84. The van der Waals surface area contributed by atoms with Crippen molar-refractivity contribution in [3.8, 4) is 0 Å². The summed E-state index contributed by atoms with van der Waals surface area (Å²) in [6.45, 7) is 1.90. The molecule has 2 heterocycles. The Hall–Kier alpha value is -1.09. The third-order valence-electron chi connectivity index (χ3n) is 1.49. The fourth-order valence-corrected chi connectivity index (χ4v) is 1.13. The summed E-state index contributed by atoms with van der Waals surface area (Å²) < 4.78 is 5.09. The third-order valence-corrected chi connectivity index (χ3v) is 1.77. The lowest BCUT2D eigenvalue weighted by Gasteiger charge is -1.92. The van der Waals surface area contributed by atoms with Gasteiger partial charge in [-0.2, -0.15) is 0 Å². The summed E-state index contributed by atoms with van der Waals surface area (Å²) in [6.07, 6.45) is 3.03. The van der Waals surface area contributed by atoms with Gasteiger partial charge in [-0.25, -0.2) is 9.97 Å². The van der Waals surface area contributed by atoms with Crippen molar-refractivity contribution in [1.82, 2.24) is 9.97 Å². The van der Waals surface area contributed by atoms with Gasteiger partial charge in [-0.15, -0.1) is 0 Å². The Morgan fingerprint density at radius 2 is 2.27 bits per heavy atom. The predicted molar refractivity (Wildman–Crippen MR) is 41.6 cm³/mol. The van der Waals surface area contributed by atoms with Gasteiger partial charge in [0, 0.05) is 11.8 Å². The Labute approximate surface area is 68.0 Å². The molecular formula is C7H5ClN2O. The number of nitrogens with zero attached hydrogens (tertiary/aromatic N) is 2. The molecule has 0 radical (unpaired) electrons. The molecule has 0 aliphatic rings. The van der Waals surface area contributed by atoms with Crippen molar-refractivity contribution in [3.05, 3.63) is 23.3 Å². The van der Waals surface area contributed by atoms with Crippen LogP contribution in [0.5, 0.6) is 0 Å². The van der Waals surface area contributed by atoms with E-state index in [1.807, 2.05) is 6.92 Å². The molecule has 0 amide bonds. The van der Waals surface area contributed by atoms with Crippen LogP contribution in [0, 0.1) is 6.92 Å². The minimum atomic E-state index is 0.388. The first-order valence-corrected chi connectivity index (χ1v) is 3.51. The number of hydrogen-bond donors (Lipinski definition) is 0. The van der Waals surface area contributed by atoms with Crippen LogP contribution in [0.15, 0.2) is 17.0 Å². The van der Waals surface area contributed by atoms with Crippen LogP contribution in [0.3, 0.4) is 0 Å². The van der Waals surface area contributed by atoms with Gasteiger partial charge in [-0.05, 0) is 6.92 Å². The second-order valence-electron chi connectivity index (χ2n) is 2.26. The Bertz CT molecular complexity index is 360. The molecular weight excluding hydrogens is 164 g/mol. The minimum Gasteiger partial charge on any atom is -0.443 e. The summed E-state index contributed by atoms with van der Waals surface area (Å²) in [5.41, 5.74) is 2.29. The first-order chi connectivity index (χ1) is 5.29. The smallest absolute Gasteiger partial charge is 0.182 e. The maximum absolute atomic E-state index is 5.74. The normalized spacial score (nSPS) is 10.7. The van der Waals surface area contributed by atoms with Crippen LogP contribution < -0.4 is 0 Å². The standard InChI is InChI=1S/C7H5ClN2O/c1-4-2-9-7(8)5-6(4)11-3-10-5/h2-3H,1H3. The minimum absolute atomic E-state index is 0.388. The van der Waals surface area contributed by atoms with Gasteiger partial charge in [0.05, 0.1) is 0 Å². The average Bonchev–Trinajstić information content (AvgIpc) is 2.45. The van der Waals surface area contributed by atoms with Crippen molar-refractivity contribution < 1.29 is 4.42 Å². The maximum atomic E-state index is 5.74. The molecule has 0 aromatic carbocycles. The van der Waals surface area contributed by atoms with Crippen molar-refractivity contribution in [2.24, 2.45) is 0 Å². The molecule has 0 N–H and O–H groups in total. The Kier molecular flexibility index (Phi) is 1.32. The van der Waals surface area contributed by atoms with Crippen LogP contribution >= 0.6 is 11.6 Å². The van der Waals surface area contributed by atoms with Gasteiger partial charge < -0.3 is 4.42 Å². The lowest BCUT2D eigenvalue weighted by atomic mass is 10.3. The first kappa shape index (κ1) is 6.61. The molecule has 3 nitrogen and oxygen atoms in total. The molecule has 0 aliphatic heterocycles. The molecule has 56 valence electrons. The van der Waals surface area contributed by atoms with E-state index in [4.69, 9.17) is 16.0 Å². The number of fused-ring (bicyclic) bond motifs is 1. The van der Waals surface area contributed by atoms with E-state index in [2.05, 4.69) is 9.97 Å². The number of hydrogen-bond acceptors (Lipinski definition) is 3.